The monoisotopic (exact) mass is 228 g/mol. The summed E-state index contributed by atoms with van der Waals surface area (Å²) in [6, 6.07) is -0.149. The Morgan fingerprint density at radius 1 is 1.06 bits per heavy atom. The average molecular weight is 228 g/mol. The quantitative estimate of drug-likeness (QED) is 0.757. The number of Topliss-reactive ketones (excluding diaryl/α,β-unsaturated/α-hetero) is 1. The van der Waals surface area contributed by atoms with Crippen molar-refractivity contribution in [2.75, 3.05) is 13.1 Å². The van der Waals surface area contributed by atoms with Crippen LogP contribution < -0.4 is 5.32 Å². The van der Waals surface area contributed by atoms with Gasteiger partial charge in [-0.1, -0.05) is 13.8 Å². The molecule has 16 heavy (non-hydrogen) atoms. The van der Waals surface area contributed by atoms with E-state index in [1.165, 1.54) is 6.92 Å². The molecule has 0 saturated heterocycles. The molecule has 1 N–H and O–H groups in total. The fourth-order valence-electron chi connectivity index (χ4n) is 1.81. The SMILES string of the molecule is CCN(CC)C(=O)NC(CC)(CC)C(C)=O. The summed E-state index contributed by atoms with van der Waals surface area (Å²) in [5.41, 5.74) is -0.695. The molecule has 0 atom stereocenters. The predicted molar refractivity (Wildman–Crippen MR) is 65.4 cm³/mol. The van der Waals surface area contributed by atoms with E-state index in [0.717, 1.165) is 0 Å². The lowest BCUT2D eigenvalue weighted by molar-refractivity contribution is -0.123. The zero-order chi connectivity index (χ0) is 12.8. The van der Waals surface area contributed by atoms with Crippen LogP contribution in [0.5, 0.6) is 0 Å². The van der Waals surface area contributed by atoms with E-state index in [1.807, 2.05) is 27.7 Å². The third-order valence-corrected chi connectivity index (χ3v) is 3.28. The summed E-state index contributed by atoms with van der Waals surface area (Å²) in [6.45, 7) is 10.6. The number of rotatable bonds is 6. The van der Waals surface area contributed by atoms with Crippen molar-refractivity contribution >= 4 is 11.8 Å². The second kappa shape index (κ2) is 6.51. The van der Waals surface area contributed by atoms with Crippen molar-refractivity contribution in [2.45, 2.75) is 53.0 Å². The third-order valence-electron chi connectivity index (χ3n) is 3.28. The van der Waals surface area contributed by atoms with Gasteiger partial charge < -0.3 is 10.2 Å². The van der Waals surface area contributed by atoms with Gasteiger partial charge in [-0.3, -0.25) is 4.79 Å². The van der Waals surface area contributed by atoms with E-state index < -0.39 is 5.54 Å². The Labute approximate surface area is 98.4 Å². The molecule has 0 aromatic heterocycles. The summed E-state index contributed by atoms with van der Waals surface area (Å²) in [6.07, 6.45) is 1.26. The van der Waals surface area contributed by atoms with Crippen LogP contribution in [0, 0.1) is 0 Å². The molecule has 4 heteroatoms. The Morgan fingerprint density at radius 2 is 1.50 bits per heavy atom. The van der Waals surface area contributed by atoms with Gasteiger partial charge in [-0.25, -0.2) is 4.79 Å². The molecule has 0 spiro atoms. The second-order valence-electron chi connectivity index (χ2n) is 3.95. The van der Waals surface area contributed by atoms with Gasteiger partial charge in [0.1, 0.15) is 0 Å². The summed E-state index contributed by atoms with van der Waals surface area (Å²) in [5.74, 6) is 0.0259. The maximum atomic E-state index is 11.9. The molecule has 0 fully saturated rings. The number of hydrogen-bond donors (Lipinski definition) is 1. The van der Waals surface area contributed by atoms with Crippen molar-refractivity contribution < 1.29 is 9.59 Å². The number of hydrogen-bond acceptors (Lipinski definition) is 2. The van der Waals surface area contributed by atoms with Gasteiger partial charge >= 0.3 is 6.03 Å². The molecule has 0 saturated carbocycles. The highest BCUT2D eigenvalue weighted by molar-refractivity contribution is 5.90. The lowest BCUT2D eigenvalue weighted by atomic mass is 9.89. The molecule has 0 aliphatic heterocycles. The highest BCUT2D eigenvalue weighted by Gasteiger charge is 2.34. The number of carbonyl (C=O) groups is 2. The highest BCUT2D eigenvalue weighted by atomic mass is 16.2. The van der Waals surface area contributed by atoms with E-state index in [-0.39, 0.29) is 11.8 Å². The number of amides is 2. The van der Waals surface area contributed by atoms with Crippen molar-refractivity contribution in [3.63, 3.8) is 0 Å². The first-order valence-corrected chi connectivity index (χ1v) is 6.05. The predicted octanol–water partition coefficient (Wildman–Crippen LogP) is 2.19. The summed E-state index contributed by atoms with van der Waals surface area (Å²) in [7, 11) is 0. The van der Waals surface area contributed by atoms with Crippen LogP contribution in [0.25, 0.3) is 0 Å². The summed E-state index contributed by atoms with van der Waals surface area (Å²) < 4.78 is 0. The lowest BCUT2D eigenvalue weighted by Gasteiger charge is -2.32. The van der Waals surface area contributed by atoms with Crippen LogP contribution in [0.2, 0.25) is 0 Å². The lowest BCUT2D eigenvalue weighted by Crippen LogP contribution is -2.56. The van der Waals surface area contributed by atoms with Crippen molar-refractivity contribution in [3.8, 4) is 0 Å². The van der Waals surface area contributed by atoms with Crippen LogP contribution in [-0.2, 0) is 4.79 Å². The van der Waals surface area contributed by atoms with E-state index in [0.29, 0.717) is 25.9 Å². The van der Waals surface area contributed by atoms with Crippen LogP contribution in [0.15, 0.2) is 0 Å². The average Bonchev–Trinajstić information content (AvgIpc) is 2.27. The molecular weight excluding hydrogens is 204 g/mol. The third kappa shape index (κ3) is 3.22. The Bertz CT molecular complexity index is 243. The molecule has 0 bridgehead atoms. The summed E-state index contributed by atoms with van der Waals surface area (Å²) in [5, 5.41) is 2.87. The van der Waals surface area contributed by atoms with Gasteiger partial charge in [0.25, 0.3) is 0 Å². The van der Waals surface area contributed by atoms with E-state index in [4.69, 9.17) is 0 Å². The van der Waals surface area contributed by atoms with Crippen LogP contribution >= 0.6 is 0 Å². The van der Waals surface area contributed by atoms with Crippen molar-refractivity contribution in [2.24, 2.45) is 0 Å². The first-order valence-electron chi connectivity index (χ1n) is 6.05. The second-order valence-corrected chi connectivity index (χ2v) is 3.95. The minimum Gasteiger partial charge on any atom is -0.326 e. The highest BCUT2D eigenvalue weighted by Crippen LogP contribution is 2.16. The Morgan fingerprint density at radius 3 is 1.75 bits per heavy atom. The molecule has 94 valence electrons. The smallest absolute Gasteiger partial charge is 0.318 e. The molecule has 0 rings (SSSR count). The minimum atomic E-state index is -0.695. The summed E-state index contributed by atoms with van der Waals surface area (Å²) >= 11 is 0. The first-order chi connectivity index (χ1) is 7.47. The Balaban J connectivity index is 4.76. The molecule has 0 aliphatic rings. The van der Waals surface area contributed by atoms with Gasteiger partial charge in [-0.2, -0.15) is 0 Å². The number of urea groups is 1. The zero-order valence-electron chi connectivity index (χ0n) is 11.1. The van der Waals surface area contributed by atoms with E-state index in [1.54, 1.807) is 4.90 Å². The molecule has 0 heterocycles. The topological polar surface area (TPSA) is 49.4 Å². The van der Waals surface area contributed by atoms with Crippen LogP contribution in [-0.4, -0.2) is 35.3 Å². The van der Waals surface area contributed by atoms with Crippen LogP contribution in [0.3, 0.4) is 0 Å². The standard InChI is InChI=1S/C12H24N2O2/c1-6-12(7-2,10(5)15)13-11(16)14(8-3)9-4/h6-9H2,1-5H3,(H,13,16). The van der Waals surface area contributed by atoms with Crippen LogP contribution in [0.4, 0.5) is 4.79 Å². The molecule has 0 aliphatic carbocycles. The summed E-state index contributed by atoms with van der Waals surface area (Å²) in [4.78, 5) is 25.2. The van der Waals surface area contributed by atoms with E-state index >= 15 is 0 Å². The van der Waals surface area contributed by atoms with Gasteiger partial charge in [-0.05, 0) is 33.6 Å². The fraction of sp³-hybridized carbons (Fsp3) is 0.833. The Kier molecular flexibility index (Phi) is 6.08. The Hall–Kier alpha value is -1.06. The molecule has 0 unspecified atom stereocenters. The largest absolute Gasteiger partial charge is 0.326 e. The van der Waals surface area contributed by atoms with Gasteiger partial charge in [0.2, 0.25) is 0 Å². The first kappa shape index (κ1) is 14.9. The number of nitrogens with zero attached hydrogens (tertiary/aromatic N) is 1. The fourth-order valence-corrected chi connectivity index (χ4v) is 1.81. The van der Waals surface area contributed by atoms with Crippen molar-refractivity contribution in [1.29, 1.82) is 0 Å². The van der Waals surface area contributed by atoms with E-state index in [9.17, 15) is 9.59 Å². The van der Waals surface area contributed by atoms with Crippen molar-refractivity contribution in [1.82, 2.24) is 10.2 Å². The van der Waals surface area contributed by atoms with Gasteiger partial charge in [0.05, 0.1) is 5.54 Å². The number of carbonyl (C=O) groups excluding carboxylic acids is 2. The van der Waals surface area contributed by atoms with Gasteiger partial charge in [0, 0.05) is 13.1 Å². The zero-order valence-corrected chi connectivity index (χ0v) is 11.1. The van der Waals surface area contributed by atoms with Crippen molar-refractivity contribution in [3.05, 3.63) is 0 Å². The normalized spacial score (nSPS) is 11.1. The molecule has 2 amide bonds. The number of ketones is 1. The van der Waals surface area contributed by atoms with Crippen LogP contribution in [0.1, 0.15) is 47.5 Å². The molecule has 4 nitrogen and oxygen atoms in total. The van der Waals surface area contributed by atoms with Gasteiger partial charge in [0.15, 0.2) is 5.78 Å². The molecule has 0 aromatic carbocycles. The molecule has 0 aromatic rings. The molecular formula is C12H24N2O2. The maximum absolute atomic E-state index is 11.9. The van der Waals surface area contributed by atoms with E-state index in [2.05, 4.69) is 5.32 Å². The number of nitrogens with one attached hydrogen (secondary N) is 1. The maximum Gasteiger partial charge on any atom is 0.318 e. The van der Waals surface area contributed by atoms with Gasteiger partial charge in [-0.15, -0.1) is 0 Å². The molecule has 0 radical (unpaired) electrons. The minimum absolute atomic E-state index is 0.0259.